The zero-order chi connectivity index (χ0) is 25.1. The number of nitrogens with zero attached hydrogens (tertiary/aromatic N) is 1. The molecule has 1 aromatic heterocycles. The van der Waals surface area contributed by atoms with Crippen molar-refractivity contribution in [2.75, 3.05) is 5.32 Å². The van der Waals surface area contributed by atoms with Gasteiger partial charge in [-0.25, -0.2) is 4.79 Å². The van der Waals surface area contributed by atoms with Gasteiger partial charge in [0.25, 0.3) is 0 Å². The van der Waals surface area contributed by atoms with Gasteiger partial charge in [-0.2, -0.15) is 5.10 Å². The molecule has 1 atom stereocenters. The van der Waals surface area contributed by atoms with Gasteiger partial charge in [0.05, 0.1) is 0 Å². The van der Waals surface area contributed by atoms with Gasteiger partial charge in [0.2, 0.25) is 5.91 Å². The molecule has 0 bridgehead atoms. The van der Waals surface area contributed by atoms with E-state index in [2.05, 4.69) is 20.8 Å². The average molecular weight is 471 g/mol. The maximum Gasteiger partial charge on any atom is 0.408 e. The lowest BCUT2D eigenvalue weighted by Gasteiger charge is -2.31. The highest BCUT2D eigenvalue weighted by molar-refractivity contribution is 5.97. The minimum absolute atomic E-state index is 0.0727. The van der Waals surface area contributed by atoms with Crippen LogP contribution in [0.5, 0.6) is 0 Å². The number of amides is 2. The first kappa shape index (κ1) is 25.7. The van der Waals surface area contributed by atoms with Crippen LogP contribution >= 0.6 is 0 Å². The number of anilines is 1. The van der Waals surface area contributed by atoms with E-state index < -0.39 is 23.3 Å². The highest BCUT2D eigenvalue weighted by atomic mass is 16.6. The fourth-order valence-electron chi connectivity index (χ4n) is 4.46. The van der Waals surface area contributed by atoms with Crippen LogP contribution in [-0.2, 0) is 15.1 Å². The highest BCUT2D eigenvalue weighted by Crippen LogP contribution is 2.33. The molecular weight excluding hydrogens is 432 g/mol. The standard InChI is InChI=1S/C26H38N4O4/c1-16-20(22(30-29-16)26(5,6)33)17-12-14-19(15-13-17)27-23(31)21(18-10-8-7-9-11-18)28-24(32)34-25(2,3)4/h12-15,18,21,33H,7-11H2,1-6H3,(H,27,31)(H,28,32)(H,29,30). The molecule has 1 heterocycles. The lowest BCUT2D eigenvalue weighted by atomic mass is 9.83. The SMILES string of the molecule is Cc1[nH]nc(C(C)(C)O)c1-c1ccc(NC(=O)C(NC(=O)OC(C)(C)C)C2CCCCC2)cc1. The normalized spacial score (nSPS) is 16.1. The molecule has 0 saturated heterocycles. The maximum atomic E-state index is 13.2. The first-order valence-electron chi connectivity index (χ1n) is 12.0. The van der Waals surface area contributed by atoms with Crippen LogP contribution in [0.1, 0.15) is 78.1 Å². The van der Waals surface area contributed by atoms with Crippen molar-refractivity contribution in [3.8, 4) is 11.1 Å². The Bertz CT molecular complexity index is 993. The van der Waals surface area contributed by atoms with Gasteiger partial charge in [-0.05, 0) is 78.0 Å². The Morgan fingerprint density at radius 2 is 1.71 bits per heavy atom. The third kappa shape index (κ3) is 6.59. The Labute approximate surface area is 201 Å². The Morgan fingerprint density at radius 1 is 1.09 bits per heavy atom. The second-order valence-corrected chi connectivity index (χ2v) is 10.7. The van der Waals surface area contributed by atoms with Crippen molar-refractivity contribution in [1.29, 1.82) is 0 Å². The van der Waals surface area contributed by atoms with Crippen LogP contribution in [0.3, 0.4) is 0 Å². The molecule has 8 nitrogen and oxygen atoms in total. The van der Waals surface area contributed by atoms with Gasteiger partial charge in [0.1, 0.15) is 22.9 Å². The monoisotopic (exact) mass is 470 g/mol. The van der Waals surface area contributed by atoms with Crippen molar-refractivity contribution in [2.24, 2.45) is 5.92 Å². The van der Waals surface area contributed by atoms with Gasteiger partial charge in [-0.1, -0.05) is 31.4 Å². The summed E-state index contributed by atoms with van der Waals surface area (Å²) in [5, 5.41) is 23.4. The highest BCUT2D eigenvalue weighted by Gasteiger charge is 2.32. The van der Waals surface area contributed by atoms with E-state index in [1.54, 1.807) is 34.6 Å². The molecule has 2 aromatic rings. The molecule has 0 aliphatic heterocycles. The summed E-state index contributed by atoms with van der Waals surface area (Å²) in [6, 6.07) is 6.75. The lowest BCUT2D eigenvalue weighted by molar-refractivity contribution is -0.119. The number of hydrogen-bond donors (Lipinski definition) is 4. The molecule has 1 aliphatic rings. The van der Waals surface area contributed by atoms with Crippen LogP contribution in [-0.4, -0.2) is 38.9 Å². The number of nitrogens with one attached hydrogen (secondary N) is 3. The zero-order valence-electron chi connectivity index (χ0n) is 21.1. The third-order valence-electron chi connectivity index (χ3n) is 6.04. The second-order valence-electron chi connectivity index (χ2n) is 10.7. The number of aliphatic hydroxyl groups is 1. The molecule has 1 fully saturated rings. The number of carbonyl (C=O) groups is 2. The third-order valence-corrected chi connectivity index (χ3v) is 6.04. The van der Waals surface area contributed by atoms with E-state index >= 15 is 0 Å². The number of benzene rings is 1. The summed E-state index contributed by atoms with van der Waals surface area (Å²) >= 11 is 0. The van der Waals surface area contributed by atoms with Crippen LogP contribution < -0.4 is 10.6 Å². The second kappa shape index (κ2) is 10.2. The number of alkyl carbamates (subject to hydrolysis) is 1. The number of aryl methyl sites for hydroxylation is 1. The summed E-state index contributed by atoms with van der Waals surface area (Å²) in [5.41, 5.74) is 2.06. The minimum Gasteiger partial charge on any atom is -0.444 e. The quantitative estimate of drug-likeness (QED) is 0.473. The van der Waals surface area contributed by atoms with Crippen LogP contribution in [0.25, 0.3) is 11.1 Å². The number of H-pyrrole nitrogens is 1. The molecule has 1 unspecified atom stereocenters. The molecular formula is C26H38N4O4. The first-order chi connectivity index (χ1) is 15.8. The topological polar surface area (TPSA) is 116 Å². The number of carbonyl (C=O) groups excluding carboxylic acids is 2. The van der Waals surface area contributed by atoms with E-state index in [1.165, 1.54) is 0 Å². The molecule has 0 spiro atoms. The van der Waals surface area contributed by atoms with E-state index in [-0.39, 0.29) is 11.8 Å². The van der Waals surface area contributed by atoms with Crippen molar-refractivity contribution >= 4 is 17.7 Å². The zero-order valence-corrected chi connectivity index (χ0v) is 21.1. The van der Waals surface area contributed by atoms with Crippen LogP contribution in [0, 0.1) is 12.8 Å². The Hall–Kier alpha value is -2.87. The molecule has 3 rings (SSSR count). The van der Waals surface area contributed by atoms with Crippen LogP contribution in [0.4, 0.5) is 10.5 Å². The maximum absolute atomic E-state index is 13.2. The molecule has 2 amide bonds. The van der Waals surface area contributed by atoms with E-state index in [1.807, 2.05) is 31.2 Å². The van der Waals surface area contributed by atoms with Crippen molar-refractivity contribution in [3.05, 3.63) is 35.7 Å². The van der Waals surface area contributed by atoms with Gasteiger partial charge in [0, 0.05) is 16.9 Å². The summed E-state index contributed by atoms with van der Waals surface area (Å²) in [5.74, 6) is -0.175. The molecule has 34 heavy (non-hydrogen) atoms. The van der Waals surface area contributed by atoms with Gasteiger partial charge < -0.3 is 20.5 Å². The molecule has 1 aliphatic carbocycles. The first-order valence-corrected chi connectivity index (χ1v) is 12.0. The van der Waals surface area contributed by atoms with E-state index in [9.17, 15) is 14.7 Å². The van der Waals surface area contributed by atoms with E-state index in [0.717, 1.165) is 48.9 Å². The Morgan fingerprint density at radius 3 is 2.26 bits per heavy atom. The van der Waals surface area contributed by atoms with E-state index in [4.69, 9.17) is 4.74 Å². The summed E-state index contributed by atoms with van der Waals surface area (Å²) < 4.78 is 5.41. The van der Waals surface area contributed by atoms with Crippen LogP contribution in [0.2, 0.25) is 0 Å². The summed E-state index contributed by atoms with van der Waals surface area (Å²) in [7, 11) is 0. The number of aromatic amines is 1. The number of ether oxygens (including phenoxy) is 1. The fraction of sp³-hybridized carbons (Fsp3) is 0.577. The summed E-state index contributed by atoms with van der Waals surface area (Å²) in [6.07, 6.45) is 4.46. The predicted octanol–water partition coefficient (Wildman–Crippen LogP) is 5.02. The van der Waals surface area contributed by atoms with Gasteiger partial charge in [-0.15, -0.1) is 0 Å². The van der Waals surface area contributed by atoms with Crippen molar-refractivity contribution < 1.29 is 19.4 Å². The average Bonchev–Trinajstić information content (AvgIpc) is 3.14. The van der Waals surface area contributed by atoms with Crippen molar-refractivity contribution in [3.63, 3.8) is 0 Å². The van der Waals surface area contributed by atoms with Gasteiger partial charge in [-0.3, -0.25) is 9.89 Å². The molecule has 186 valence electrons. The number of rotatable bonds is 6. The smallest absolute Gasteiger partial charge is 0.408 e. The van der Waals surface area contributed by atoms with Crippen LogP contribution in [0.15, 0.2) is 24.3 Å². The number of aromatic nitrogens is 2. The lowest BCUT2D eigenvalue weighted by Crippen LogP contribution is -2.50. The molecule has 8 heteroatoms. The van der Waals surface area contributed by atoms with E-state index in [0.29, 0.717) is 11.4 Å². The van der Waals surface area contributed by atoms with Gasteiger partial charge in [0.15, 0.2) is 0 Å². The minimum atomic E-state index is -1.09. The molecule has 1 saturated carbocycles. The number of hydrogen-bond acceptors (Lipinski definition) is 5. The summed E-state index contributed by atoms with van der Waals surface area (Å²) in [4.78, 5) is 25.7. The Kier molecular flexibility index (Phi) is 7.70. The fourth-order valence-corrected chi connectivity index (χ4v) is 4.46. The van der Waals surface area contributed by atoms with Gasteiger partial charge >= 0.3 is 6.09 Å². The molecule has 0 radical (unpaired) electrons. The largest absolute Gasteiger partial charge is 0.444 e. The molecule has 1 aromatic carbocycles. The van der Waals surface area contributed by atoms with Crippen molar-refractivity contribution in [2.45, 2.75) is 90.9 Å². The Balaban J connectivity index is 1.76. The summed E-state index contributed by atoms with van der Waals surface area (Å²) in [6.45, 7) is 10.7. The van der Waals surface area contributed by atoms with Crippen molar-refractivity contribution in [1.82, 2.24) is 15.5 Å². The molecule has 4 N–H and O–H groups in total. The predicted molar refractivity (Wildman–Crippen MR) is 132 cm³/mol.